The Kier molecular flexibility index (Phi) is 8.35. The highest BCUT2D eigenvalue weighted by Crippen LogP contribution is 2.32. The summed E-state index contributed by atoms with van der Waals surface area (Å²) in [6.45, 7) is 1.37. The van der Waals surface area contributed by atoms with Gasteiger partial charge in [0.05, 0.1) is 27.7 Å². The molecule has 0 unspecified atom stereocenters. The number of amides is 2. The molecule has 0 bridgehead atoms. The van der Waals surface area contributed by atoms with Crippen LogP contribution >= 0.6 is 22.9 Å². The molecule has 1 fully saturated rings. The molecule has 0 spiro atoms. The van der Waals surface area contributed by atoms with E-state index in [0.29, 0.717) is 14.8 Å². The topological polar surface area (TPSA) is 130 Å². The number of carbonyl (C=O) groups excluding carboxylic acids is 2. The van der Waals surface area contributed by atoms with Crippen molar-refractivity contribution in [3.05, 3.63) is 74.4 Å². The Morgan fingerprint density at radius 1 is 1.26 bits per heavy atom. The molecule has 206 valence electrons. The van der Waals surface area contributed by atoms with E-state index in [-0.39, 0.29) is 48.2 Å². The SMILES string of the molecule is C/C(=C/S(=O)(=O)N(Cc1nccnc1N)[C@H]1CCN(c2ccc(C(=O)N(C)C)cc2F)C1=O)c1ccc(Cl)s1. The van der Waals surface area contributed by atoms with E-state index in [1.165, 1.54) is 45.7 Å². The number of hydrogen-bond donors (Lipinski definition) is 1. The Balaban J connectivity index is 1.69. The van der Waals surface area contributed by atoms with E-state index in [2.05, 4.69) is 9.97 Å². The van der Waals surface area contributed by atoms with Gasteiger partial charge in [-0.25, -0.2) is 17.8 Å². The fourth-order valence-corrected chi connectivity index (χ4v) is 6.84. The molecule has 1 atom stereocenters. The van der Waals surface area contributed by atoms with Crippen molar-refractivity contribution in [2.45, 2.75) is 25.9 Å². The lowest BCUT2D eigenvalue weighted by Gasteiger charge is -2.26. The Labute approximate surface area is 234 Å². The minimum atomic E-state index is -4.21. The van der Waals surface area contributed by atoms with Gasteiger partial charge in [0.1, 0.15) is 17.7 Å². The van der Waals surface area contributed by atoms with Gasteiger partial charge in [0.15, 0.2) is 0 Å². The van der Waals surface area contributed by atoms with E-state index in [0.717, 1.165) is 15.8 Å². The van der Waals surface area contributed by atoms with Crippen molar-refractivity contribution in [3.8, 4) is 0 Å². The first-order chi connectivity index (χ1) is 18.4. The zero-order valence-corrected chi connectivity index (χ0v) is 23.7. The summed E-state index contributed by atoms with van der Waals surface area (Å²) in [6, 6.07) is 6.04. The molecule has 1 aliphatic heterocycles. The van der Waals surface area contributed by atoms with Gasteiger partial charge < -0.3 is 15.5 Å². The summed E-state index contributed by atoms with van der Waals surface area (Å²) in [7, 11) is -1.12. The minimum Gasteiger partial charge on any atom is -0.382 e. The Hall–Kier alpha value is -3.39. The number of halogens is 2. The lowest BCUT2D eigenvalue weighted by Crippen LogP contribution is -2.44. The van der Waals surface area contributed by atoms with Crippen LogP contribution in [-0.2, 0) is 21.4 Å². The number of nitrogen functional groups attached to an aromatic ring is 1. The van der Waals surface area contributed by atoms with Crippen molar-refractivity contribution in [1.29, 1.82) is 0 Å². The maximum absolute atomic E-state index is 15.1. The van der Waals surface area contributed by atoms with Gasteiger partial charge in [-0.3, -0.25) is 14.6 Å². The number of allylic oxidation sites excluding steroid dienone is 1. The summed E-state index contributed by atoms with van der Waals surface area (Å²) in [5.41, 5.74) is 6.62. The molecule has 39 heavy (non-hydrogen) atoms. The van der Waals surface area contributed by atoms with Crippen LogP contribution in [0.2, 0.25) is 4.34 Å². The van der Waals surface area contributed by atoms with Crippen molar-refractivity contribution >= 4 is 61.9 Å². The van der Waals surface area contributed by atoms with Gasteiger partial charge in [-0.05, 0) is 49.2 Å². The van der Waals surface area contributed by atoms with Gasteiger partial charge in [0, 0.05) is 43.5 Å². The predicted octanol–water partition coefficient (Wildman–Crippen LogP) is 3.61. The molecule has 4 rings (SSSR count). The molecular weight excluding hydrogens is 567 g/mol. The lowest BCUT2D eigenvalue weighted by atomic mass is 10.1. The number of aromatic nitrogens is 2. The number of carbonyl (C=O) groups is 2. The molecule has 14 heteroatoms. The average Bonchev–Trinajstić information content (AvgIpc) is 3.48. The zero-order chi connectivity index (χ0) is 28.5. The maximum Gasteiger partial charge on any atom is 0.253 e. The fraction of sp³-hybridized carbons (Fsp3) is 0.280. The Morgan fingerprint density at radius 2 is 1.97 bits per heavy atom. The largest absolute Gasteiger partial charge is 0.382 e. The van der Waals surface area contributed by atoms with Gasteiger partial charge in [-0.15, -0.1) is 11.3 Å². The number of hydrogen-bond acceptors (Lipinski definition) is 8. The van der Waals surface area contributed by atoms with Crippen molar-refractivity contribution in [1.82, 2.24) is 19.2 Å². The number of benzene rings is 1. The number of anilines is 2. The summed E-state index contributed by atoms with van der Waals surface area (Å²) in [5, 5.41) is 1.07. The molecule has 0 saturated carbocycles. The van der Waals surface area contributed by atoms with E-state index in [4.69, 9.17) is 17.3 Å². The van der Waals surface area contributed by atoms with E-state index in [1.54, 1.807) is 33.2 Å². The second-order valence-corrected chi connectivity index (χ2v) is 12.5. The first kappa shape index (κ1) is 28.6. The molecule has 1 saturated heterocycles. The van der Waals surface area contributed by atoms with Crippen LogP contribution in [-0.4, -0.2) is 66.1 Å². The van der Waals surface area contributed by atoms with Crippen molar-refractivity contribution < 1.29 is 22.4 Å². The van der Waals surface area contributed by atoms with E-state index >= 15 is 4.39 Å². The molecule has 3 heterocycles. The molecule has 2 N–H and O–H groups in total. The van der Waals surface area contributed by atoms with Crippen LogP contribution < -0.4 is 10.6 Å². The molecule has 2 aromatic heterocycles. The number of nitrogens with zero attached hydrogens (tertiary/aromatic N) is 5. The van der Waals surface area contributed by atoms with Crippen LogP contribution in [0.3, 0.4) is 0 Å². The normalized spacial score (nSPS) is 16.3. The third-order valence-corrected chi connectivity index (χ3v) is 9.20. The van der Waals surface area contributed by atoms with E-state index < -0.39 is 27.8 Å². The van der Waals surface area contributed by atoms with Gasteiger partial charge in [0.2, 0.25) is 15.9 Å². The Morgan fingerprint density at radius 3 is 2.59 bits per heavy atom. The predicted molar refractivity (Wildman–Crippen MR) is 149 cm³/mol. The monoisotopic (exact) mass is 592 g/mol. The third kappa shape index (κ3) is 6.11. The highest BCUT2D eigenvalue weighted by atomic mass is 35.5. The molecular formula is C25H26ClFN6O4S2. The van der Waals surface area contributed by atoms with E-state index in [1.807, 2.05) is 0 Å². The molecule has 10 nitrogen and oxygen atoms in total. The van der Waals surface area contributed by atoms with Crippen molar-refractivity contribution in [2.24, 2.45) is 0 Å². The third-order valence-electron chi connectivity index (χ3n) is 6.14. The number of thiophene rings is 1. The molecule has 0 radical (unpaired) electrons. The molecule has 1 aliphatic rings. The molecule has 2 amide bonds. The quantitative estimate of drug-likeness (QED) is 0.423. The Bertz CT molecular complexity index is 1560. The summed E-state index contributed by atoms with van der Waals surface area (Å²) in [5.74, 6) is -1.75. The maximum atomic E-state index is 15.1. The van der Waals surface area contributed by atoms with Crippen LogP contribution in [0.4, 0.5) is 15.9 Å². The molecule has 0 aliphatic carbocycles. The summed E-state index contributed by atoms with van der Waals surface area (Å²) in [4.78, 5) is 37.1. The first-order valence-electron chi connectivity index (χ1n) is 11.7. The van der Waals surface area contributed by atoms with Crippen LogP contribution in [0.25, 0.3) is 5.57 Å². The number of nitrogens with two attached hydrogens (primary N) is 1. The highest BCUT2D eigenvalue weighted by molar-refractivity contribution is 7.92. The van der Waals surface area contributed by atoms with Gasteiger partial charge in [0.25, 0.3) is 5.91 Å². The first-order valence-corrected chi connectivity index (χ1v) is 14.4. The van der Waals surface area contributed by atoms with Gasteiger partial charge >= 0.3 is 0 Å². The van der Waals surface area contributed by atoms with Crippen LogP contribution in [0, 0.1) is 5.82 Å². The summed E-state index contributed by atoms with van der Waals surface area (Å²) in [6.07, 6.45) is 2.84. The van der Waals surface area contributed by atoms with Gasteiger partial charge in [-0.2, -0.15) is 4.31 Å². The second kappa shape index (κ2) is 11.4. The van der Waals surface area contributed by atoms with Crippen LogP contribution in [0.1, 0.15) is 34.3 Å². The number of sulfonamides is 1. The van der Waals surface area contributed by atoms with Gasteiger partial charge in [-0.1, -0.05) is 11.6 Å². The van der Waals surface area contributed by atoms with E-state index in [9.17, 15) is 18.0 Å². The van der Waals surface area contributed by atoms with Crippen LogP contribution in [0.15, 0.2) is 48.1 Å². The fourth-order valence-electron chi connectivity index (χ4n) is 4.19. The number of rotatable bonds is 8. The smallest absolute Gasteiger partial charge is 0.253 e. The highest BCUT2D eigenvalue weighted by Gasteiger charge is 2.42. The van der Waals surface area contributed by atoms with Crippen molar-refractivity contribution in [2.75, 3.05) is 31.3 Å². The zero-order valence-electron chi connectivity index (χ0n) is 21.3. The second-order valence-electron chi connectivity index (χ2n) is 9.04. The standard InChI is InChI=1S/C25H26ClFN6O4S2/c1-15(21-6-7-22(26)38-21)14-39(36,37)33(13-18-23(28)30-10-9-29-18)20-8-11-32(25(20)35)19-5-4-16(12-17(19)27)24(34)31(2)3/h4-7,9-10,12,14,20H,8,11,13H2,1-3H3,(H2,28,30)/b15-14-/t20-/m0/s1. The summed E-state index contributed by atoms with van der Waals surface area (Å²) >= 11 is 7.24. The minimum absolute atomic E-state index is 0.0259. The van der Waals surface area contributed by atoms with Crippen LogP contribution in [0.5, 0.6) is 0 Å². The summed E-state index contributed by atoms with van der Waals surface area (Å²) < 4.78 is 44.0. The molecule has 3 aromatic rings. The van der Waals surface area contributed by atoms with Crippen molar-refractivity contribution in [3.63, 3.8) is 0 Å². The molecule has 1 aromatic carbocycles. The lowest BCUT2D eigenvalue weighted by molar-refractivity contribution is -0.120. The average molecular weight is 593 g/mol.